The normalized spacial score (nSPS) is 17.9. The van der Waals surface area contributed by atoms with Crippen molar-refractivity contribution in [3.05, 3.63) is 117 Å². The van der Waals surface area contributed by atoms with Crippen LogP contribution in [0.4, 0.5) is 13.2 Å². The lowest BCUT2D eigenvalue weighted by atomic mass is 9.89. The fourth-order valence-electron chi connectivity index (χ4n) is 6.15. The Morgan fingerprint density at radius 2 is 1.74 bits per heavy atom. The molecule has 2 aromatic carbocycles. The van der Waals surface area contributed by atoms with E-state index < -0.39 is 11.7 Å². The molecule has 0 amide bonds. The third-order valence-corrected chi connectivity index (χ3v) is 8.81. The molecule has 2 unspecified atom stereocenters. The summed E-state index contributed by atoms with van der Waals surface area (Å²) in [4.78, 5) is 25.2. The molecule has 2 aliphatic rings. The van der Waals surface area contributed by atoms with E-state index in [-0.39, 0.29) is 42.3 Å². The molecule has 2 aliphatic carbocycles. The van der Waals surface area contributed by atoms with Gasteiger partial charge in [-0.1, -0.05) is 98.4 Å². The Morgan fingerprint density at radius 3 is 2.52 bits per heavy atom. The van der Waals surface area contributed by atoms with E-state index in [1.165, 1.54) is 11.6 Å². The van der Waals surface area contributed by atoms with Crippen molar-refractivity contribution in [3.63, 3.8) is 0 Å². The van der Waals surface area contributed by atoms with Gasteiger partial charge in [0.15, 0.2) is 5.78 Å². The summed E-state index contributed by atoms with van der Waals surface area (Å²) in [5, 5.41) is 0. The number of unbranched alkanes of at least 4 members (excludes halogenated alkanes) is 1. The van der Waals surface area contributed by atoms with Crippen molar-refractivity contribution < 1.29 is 22.8 Å². The number of rotatable bonds is 11. The third-order valence-electron chi connectivity index (χ3n) is 8.81. The van der Waals surface area contributed by atoms with Crippen LogP contribution in [-0.2, 0) is 23.8 Å². The maximum absolute atomic E-state index is 13.9. The number of aryl methyl sites for hydroxylation is 3. The average Bonchev–Trinajstić information content (AvgIpc) is 3.07. The van der Waals surface area contributed by atoms with Crippen LogP contribution in [-0.4, -0.2) is 11.6 Å². The molecule has 0 aliphatic heterocycles. The lowest BCUT2D eigenvalue weighted by Crippen LogP contribution is -2.11. The highest BCUT2D eigenvalue weighted by atomic mass is 19.4. The number of hydrogen-bond donors (Lipinski definition) is 0. The van der Waals surface area contributed by atoms with Gasteiger partial charge in [0, 0.05) is 36.0 Å². The largest absolute Gasteiger partial charge is 0.416 e. The van der Waals surface area contributed by atoms with E-state index in [0.717, 1.165) is 54.9 Å². The van der Waals surface area contributed by atoms with E-state index in [0.29, 0.717) is 36.3 Å². The van der Waals surface area contributed by atoms with Crippen molar-refractivity contribution in [2.45, 2.75) is 97.6 Å². The highest BCUT2D eigenvalue weighted by molar-refractivity contribution is 5.96. The summed E-state index contributed by atoms with van der Waals surface area (Å²) in [6.07, 6.45) is 15.0. The summed E-state index contributed by atoms with van der Waals surface area (Å²) in [5.74, 6) is 7.37. The number of allylic oxidation sites excluding steroid dienone is 8. The van der Waals surface area contributed by atoms with Crippen LogP contribution in [0.5, 0.6) is 0 Å². The molecule has 0 N–H and O–H groups in total. The Balaban J connectivity index is 1.44. The zero-order valence-electron chi connectivity index (χ0n) is 27.3. The Morgan fingerprint density at radius 1 is 0.935 bits per heavy atom. The minimum atomic E-state index is -4.50. The molecular weight excluding hydrogens is 581 g/mol. The van der Waals surface area contributed by atoms with Gasteiger partial charge in [0.2, 0.25) is 0 Å². The number of fused-ring (bicyclic) bond motifs is 2. The third kappa shape index (κ3) is 10.3. The highest BCUT2D eigenvalue weighted by Crippen LogP contribution is 2.34. The maximum atomic E-state index is 13.9. The molecule has 2 nitrogen and oxygen atoms in total. The lowest BCUT2D eigenvalue weighted by molar-refractivity contribution is -0.138. The smallest absolute Gasteiger partial charge is 0.300 e. The second kappa shape index (κ2) is 16.6. The van der Waals surface area contributed by atoms with Gasteiger partial charge in [0.1, 0.15) is 5.78 Å². The summed E-state index contributed by atoms with van der Waals surface area (Å²) in [7, 11) is 0. The predicted molar refractivity (Wildman–Crippen MR) is 181 cm³/mol. The molecule has 0 saturated carbocycles. The standard InChI is InChI=1S/C41H45F3O2/c1-4-5-14-38(45)15-10-13-33-20-17-31(27-39(33)41(42,43)44)18-23-40(46)37-19-16-30(3)34(28-37)21-22-36-25-29(2)24-32-11-8-6-7-9-12-35(36)26-32/h6-8,11,16-17,19-20,24-25,27-29,35H,4-5,9-10,12-15,18,23,26H2,1-3H3. The lowest BCUT2D eigenvalue weighted by Gasteiger charge is -2.15. The first-order chi connectivity index (χ1) is 22.0. The first-order valence-corrected chi connectivity index (χ1v) is 16.7. The van der Waals surface area contributed by atoms with E-state index in [2.05, 4.69) is 55.2 Å². The number of ketones is 2. The number of carbonyl (C=O) groups excluding carboxylic acids is 2. The maximum Gasteiger partial charge on any atom is 0.416 e. The van der Waals surface area contributed by atoms with Crippen molar-refractivity contribution in [3.8, 4) is 11.8 Å². The van der Waals surface area contributed by atoms with Gasteiger partial charge >= 0.3 is 6.18 Å². The van der Waals surface area contributed by atoms with Crippen LogP contribution in [0.2, 0.25) is 0 Å². The van der Waals surface area contributed by atoms with Crippen molar-refractivity contribution in [1.29, 1.82) is 0 Å². The van der Waals surface area contributed by atoms with Crippen molar-refractivity contribution in [2.24, 2.45) is 11.8 Å². The van der Waals surface area contributed by atoms with Crippen LogP contribution in [0, 0.1) is 30.6 Å². The Hall–Kier alpha value is -3.91. The molecule has 5 heteroatoms. The van der Waals surface area contributed by atoms with Crippen LogP contribution < -0.4 is 0 Å². The Kier molecular flexibility index (Phi) is 12.6. The van der Waals surface area contributed by atoms with Gasteiger partial charge in [0.25, 0.3) is 0 Å². The van der Waals surface area contributed by atoms with Crippen molar-refractivity contribution in [2.75, 3.05) is 0 Å². The topological polar surface area (TPSA) is 34.1 Å². The number of Topliss-reactive ketones (excluding diaryl/α,β-unsaturated/α-hetero) is 2. The molecule has 2 bridgehead atoms. The van der Waals surface area contributed by atoms with Crippen molar-refractivity contribution >= 4 is 11.6 Å². The SMILES string of the molecule is CCCCC(=O)CCCc1ccc(CCC(=O)c2ccc(C)c(C#CC3=CC(C)C=C4C=CC=CCCC3C4)c2)cc1C(F)(F)F. The van der Waals surface area contributed by atoms with Crippen molar-refractivity contribution in [1.82, 2.24) is 0 Å². The molecular formula is C41H45F3O2. The monoisotopic (exact) mass is 626 g/mol. The predicted octanol–water partition coefficient (Wildman–Crippen LogP) is 10.7. The molecule has 0 heterocycles. The first kappa shape index (κ1) is 35.0. The number of hydrogen-bond acceptors (Lipinski definition) is 2. The number of halogens is 3. The van der Waals surface area contributed by atoms with Gasteiger partial charge in [0.05, 0.1) is 5.56 Å². The van der Waals surface area contributed by atoms with Crippen LogP contribution >= 0.6 is 0 Å². The average molecular weight is 627 g/mol. The van der Waals surface area contributed by atoms with Gasteiger partial charge in [-0.25, -0.2) is 0 Å². The molecule has 0 radical (unpaired) electrons. The fraction of sp³-hybridized carbons (Fsp3) is 0.415. The molecule has 2 aromatic rings. The molecule has 242 valence electrons. The molecule has 0 spiro atoms. The number of carbonyl (C=O) groups is 2. The molecule has 46 heavy (non-hydrogen) atoms. The molecule has 0 saturated heterocycles. The fourth-order valence-corrected chi connectivity index (χ4v) is 6.15. The van der Waals surface area contributed by atoms with Gasteiger partial charge in [-0.05, 0) is 92.5 Å². The van der Waals surface area contributed by atoms with E-state index in [4.69, 9.17) is 0 Å². The van der Waals surface area contributed by atoms with Gasteiger partial charge in [-0.15, -0.1) is 0 Å². The molecule has 2 atom stereocenters. The number of alkyl halides is 3. The molecule has 0 fully saturated rings. The quantitative estimate of drug-likeness (QED) is 0.184. The van der Waals surface area contributed by atoms with Crippen LogP contribution in [0.25, 0.3) is 0 Å². The van der Waals surface area contributed by atoms with E-state index >= 15 is 0 Å². The Bertz CT molecular complexity index is 1590. The summed E-state index contributed by atoms with van der Waals surface area (Å²) in [6, 6.07) is 9.82. The molecule has 0 aromatic heterocycles. The minimum absolute atomic E-state index is 0.0960. The highest BCUT2D eigenvalue weighted by Gasteiger charge is 2.33. The van der Waals surface area contributed by atoms with Gasteiger partial charge < -0.3 is 0 Å². The second-order valence-electron chi connectivity index (χ2n) is 12.7. The second-order valence-corrected chi connectivity index (χ2v) is 12.7. The van der Waals surface area contributed by atoms with E-state index in [9.17, 15) is 22.8 Å². The van der Waals surface area contributed by atoms with E-state index in [1.807, 2.05) is 26.0 Å². The minimum Gasteiger partial charge on any atom is -0.300 e. The zero-order chi connectivity index (χ0) is 33.1. The van der Waals surface area contributed by atoms with Crippen LogP contribution in [0.3, 0.4) is 0 Å². The zero-order valence-corrected chi connectivity index (χ0v) is 27.3. The summed E-state index contributed by atoms with van der Waals surface area (Å²) < 4.78 is 41.8. The molecule has 4 rings (SSSR count). The summed E-state index contributed by atoms with van der Waals surface area (Å²) in [6.45, 7) is 6.15. The van der Waals surface area contributed by atoms with Crippen LogP contribution in [0.15, 0.2) is 84.0 Å². The Labute approximate surface area is 272 Å². The summed E-state index contributed by atoms with van der Waals surface area (Å²) in [5.41, 5.74) is 4.72. The van der Waals surface area contributed by atoms with E-state index in [1.54, 1.807) is 12.1 Å². The first-order valence-electron chi connectivity index (χ1n) is 16.7. The summed E-state index contributed by atoms with van der Waals surface area (Å²) >= 11 is 0. The number of benzene rings is 2. The van der Waals surface area contributed by atoms with Crippen LogP contribution in [0.1, 0.15) is 110 Å². The van der Waals surface area contributed by atoms with Gasteiger partial charge in [-0.3, -0.25) is 9.59 Å². The van der Waals surface area contributed by atoms with Gasteiger partial charge in [-0.2, -0.15) is 13.2 Å².